The third kappa shape index (κ3) is 4.06. The molecule has 1 amide bonds. The molecule has 8 heteroatoms. The average molecular weight is 471 g/mol. The van der Waals surface area contributed by atoms with E-state index in [1.807, 2.05) is 85.5 Å². The fourth-order valence-corrected chi connectivity index (χ4v) is 4.19. The van der Waals surface area contributed by atoms with Crippen molar-refractivity contribution in [3.05, 3.63) is 94.9 Å². The Morgan fingerprint density at radius 1 is 1.06 bits per heavy atom. The Balaban J connectivity index is 1.49. The minimum Gasteiger partial charge on any atom is -0.337 e. The zero-order valence-electron chi connectivity index (χ0n) is 19.1. The van der Waals surface area contributed by atoms with E-state index in [-0.39, 0.29) is 5.91 Å². The summed E-state index contributed by atoms with van der Waals surface area (Å²) in [6.07, 6.45) is 3.57. The van der Waals surface area contributed by atoms with Crippen molar-refractivity contribution in [3.8, 4) is 16.9 Å². The predicted molar refractivity (Wildman–Crippen MR) is 133 cm³/mol. The number of nitrogens with zero attached hydrogens (tertiary/aromatic N) is 6. The van der Waals surface area contributed by atoms with Crippen LogP contribution in [-0.4, -0.2) is 42.4 Å². The highest BCUT2D eigenvalue weighted by Gasteiger charge is 2.19. The molecule has 0 N–H and O–H groups in total. The van der Waals surface area contributed by atoms with Gasteiger partial charge in [0.15, 0.2) is 5.65 Å². The maximum Gasteiger partial charge on any atom is 0.255 e. The second-order valence-corrected chi connectivity index (χ2v) is 8.69. The number of aryl methyl sites for hydroxylation is 2. The van der Waals surface area contributed by atoms with Crippen molar-refractivity contribution in [2.75, 3.05) is 7.05 Å². The summed E-state index contributed by atoms with van der Waals surface area (Å²) in [7, 11) is 3.63. The zero-order valence-corrected chi connectivity index (χ0v) is 19.9. The second kappa shape index (κ2) is 8.76. The van der Waals surface area contributed by atoms with Gasteiger partial charge in [0.2, 0.25) is 0 Å². The SMILES string of the molecule is Cc1nn(C)c2ncc(C(=O)N(C)Cc3cn(-c4ccccc4)nc3-c3ccc(Cl)cc3)cc12. The highest BCUT2D eigenvalue weighted by atomic mass is 35.5. The molecule has 0 aliphatic heterocycles. The van der Waals surface area contributed by atoms with Crippen molar-refractivity contribution in [1.82, 2.24) is 29.4 Å². The zero-order chi connectivity index (χ0) is 23.8. The fourth-order valence-electron chi connectivity index (χ4n) is 4.06. The van der Waals surface area contributed by atoms with Gasteiger partial charge in [-0.2, -0.15) is 10.2 Å². The van der Waals surface area contributed by atoms with Gasteiger partial charge in [0.05, 0.1) is 22.6 Å². The Morgan fingerprint density at radius 3 is 2.53 bits per heavy atom. The molecule has 3 heterocycles. The van der Waals surface area contributed by atoms with E-state index in [0.717, 1.165) is 39.2 Å². The Hall–Kier alpha value is -3.97. The van der Waals surface area contributed by atoms with E-state index in [4.69, 9.17) is 16.7 Å². The highest BCUT2D eigenvalue weighted by Crippen LogP contribution is 2.27. The Labute approximate surface area is 202 Å². The lowest BCUT2D eigenvalue weighted by molar-refractivity contribution is 0.0785. The lowest BCUT2D eigenvalue weighted by atomic mass is 10.1. The van der Waals surface area contributed by atoms with Gasteiger partial charge < -0.3 is 4.90 Å². The first-order chi connectivity index (χ1) is 16.4. The fraction of sp³-hybridized carbons (Fsp3) is 0.154. The third-order valence-corrected chi connectivity index (χ3v) is 6.04. The number of aromatic nitrogens is 5. The lowest BCUT2D eigenvalue weighted by Crippen LogP contribution is -2.26. The van der Waals surface area contributed by atoms with Crippen LogP contribution in [0, 0.1) is 6.92 Å². The van der Waals surface area contributed by atoms with Crippen LogP contribution in [-0.2, 0) is 13.6 Å². The van der Waals surface area contributed by atoms with E-state index in [1.54, 1.807) is 22.8 Å². The molecule has 0 unspecified atom stereocenters. The van der Waals surface area contributed by atoms with E-state index in [1.165, 1.54) is 0 Å². The van der Waals surface area contributed by atoms with Crippen LogP contribution in [0.15, 0.2) is 73.1 Å². The van der Waals surface area contributed by atoms with Gasteiger partial charge in [-0.15, -0.1) is 0 Å². The van der Waals surface area contributed by atoms with Crippen LogP contribution < -0.4 is 0 Å². The molecule has 0 atom stereocenters. The largest absolute Gasteiger partial charge is 0.337 e. The van der Waals surface area contributed by atoms with Gasteiger partial charge in [-0.1, -0.05) is 41.9 Å². The molecule has 2 aromatic carbocycles. The van der Waals surface area contributed by atoms with Gasteiger partial charge in [-0.05, 0) is 37.3 Å². The van der Waals surface area contributed by atoms with E-state index < -0.39 is 0 Å². The van der Waals surface area contributed by atoms with Crippen molar-refractivity contribution in [1.29, 1.82) is 0 Å². The quantitative estimate of drug-likeness (QED) is 0.360. The third-order valence-electron chi connectivity index (χ3n) is 5.79. The number of rotatable bonds is 5. The van der Waals surface area contributed by atoms with Crippen LogP contribution in [0.4, 0.5) is 0 Å². The number of amides is 1. The van der Waals surface area contributed by atoms with Crippen molar-refractivity contribution < 1.29 is 4.79 Å². The van der Waals surface area contributed by atoms with E-state index in [2.05, 4.69) is 10.1 Å². The molecule has 0 spiro atoms. The summed E-state index contributed by atoms with van der Waals surface area (Å²) in [4.78, 5) is 19.4. The van der Waals surface area contributed by atoms with Gasteiger partial charge in [0, 0.05) is 54.6 Å². The molecule has 0 fully saturated rings. The maximum atomic E-state index is 13.3. The van der Waals surface area contributed by atoms with Gasteiger partial charge >= 0.3 is 0 Å². The van der Waals surface area contributed by atoms with Crippen LogP contribution in [0.3, 0.4) is 0 Å². The molecule has 5 aromatic rings. The van der Waals surface area contributed by atoms with Crippen molar-refractivity contribution in [2.24, 2.45) is 7.05 Å². The van der Waals surface area contributed by atoms with Crippen LogP contribution in [0.2, 0.25) is 5.02 Å². The molecule has 5 rings (SSSR count). The number of hydrogen-bond donors (Lipinski definition) is 0. The van der Waals surface area contributed by atoms with E-state index in [0.29, 0.717) is 17.1 Å². The van der Waals surface area contributed by atoms with Crippen molar-refractivity contribution in [3.63, 3.8) is 0 Å². The molecule has 7 nitrogen and oxygen atoms in total. The lowest BCUT2D eigenvalue weighted by Gasteiger charge is -2.17. The van der Waals surface area contributed by atoms with Crippen LogP contribution in [0.25, 0.3) is 28.0 Å². The molecule has 3 aromatic heterocycles. The number of fused-ring (bicyclic) bond motifs is 1. The second-order valence-electron chi connectivity index (χ2n) is 8.26. The van der Waals surface area contributed by atoms with Crippen LogP contribution >= 0.6 is 11.6 Å². The summed E-state index contributed by atoms with van der Waals surface area (Å²) in [6, 6.07) is 19.3. The number of pyridine rings is 1. The Morgan fingerprint density at radius 2 is 1.79 bits per heavy atom. The summed E-state index contributed by atoms with van der Waals surface area (Å²) < 4.78 is 3.56. The summed E-state index contributed by atoms with van der Waals surface area (Å²) in [5.41, 5.74) is 5.73. The molecule has 0 saturated carbocycles. The molecule has 34 heavy (non-hydrogen) atoms. The van der Waals surface area contributed by atoms with Gasteiger partial charge in [0.1, 0.15) is 0 Å². The van der Waals surface area contributed by atoms with Crippen molar-refractivity contribution in [2.45, 2.75) is 13.5 Å². The Bertz CT molecular complexity index is 1490. The summed E-state index contributed by atoms with van der Waals surface area (Å²) in [5, 5.41) is 10.8. The number of halogens is 1. The Kier molecular flexibility index (Phi) is 5.63. The summed E-state index contributed by atoms with van der Waals surface area (Å²) in [5.74, 6) is -0.118. The average Bonchev–Trinajstić information content (AvgIpc) is 3.39. The van der Waals surface area contributed by atoms with Gasteiger partial charge in [0.25, 0.3) is 5.91 Å². The number of carbonyl (C=O) groups is 1. The number of carbonyl (C=O) groups excluding carboxylic acids is 1. The smallest absolute Gasteiger partial charge is 0.255 e. The standard InChI is InChI=1S/C26H23ClN6O/c1-17-23-13-19(14-28-25(23)32(3)29-17)26(34)31(2)15-20-16-33(22-7-5-4-6-8-22)30-24(20)18-9-11-21(27)12-10-18/h4-14,16H,15H2,1-3H3. The maximum absolute atomic E-state index is 13.3. The first-order valence-corrected chi connectivity index (χ1v) is 11.2. The molecule has 0 saturated heterocycles. The molecular weight excluding hydrogens is 448 g/mol. The summed E-state index contributed by atoms with van der Waals surface area (Å²) in [6.45, 7) is 2.30. The first-order valence-electron chi connectivity index (χ1n) is 10.9. The first kappa shape index (κ1) is 21.9. The topological polar surface area (TPSA) is 68.8 Å². The predicted octanol–water partition coefficient (Wildman–Crippen LogP) is 5.06. The van der Waals surface area contributed by atoms with Crippen LogP contribution in [0.1, 0.15) is 21.6 Å². The molecule has 0 bridgehead atoms. The monoisotopic (exact) mass is 470 g/mol. The normalized spacial score (nSPS) is 11.2. The van der Waals surface area contributed by atoms with Gasteiger partial charge in [-0.25, -0.2) is 9.67 Å². The van der Waals surface area contributed by atoms with Crippen LogP contribution in [0.5, 0.6) is 0 Å². The molecule has 0 radical (unpaired) electrons. The van der Waals surface area contributed by atoms with E-state index >= 15 is 0 Å². The highest BCUT2D eigenvalue weighted by molar-refractivity contribution is 6.30. The molecule has 0 aliphatic carbocycles. The van der Waals surface area contributed by atoms with E-state index in [9.17, 15) is 4.79 Å². The number of benzene rings is 2. The molecule has 170 valence electrons. The summed E-state index contributed by atoms with van der Waals surface area (Å²) >= 11 is 6.10. The number of para-hydroxylation sites is 1. The number of hydrogen-bond acceptors (Lipinski definition) is 4. The minimum absolute atomic E-state index is 0.118. The molecular formula is C26H23ClN6O. The minimum atomic E-state index is -0.118. The van der Waals surface area contributed by atoms with Crippen molar-refractivity contribution >= 4 is 28.5 Å². The molecule has 0 aliphatic rings. The van der Waals surface area contributed by atoms with Gasteiger partial charge in [-0.3, -0.25) is 9.48 Å².